The lowest BCUT2D eigenvalue weighted by atomic mass is 9.79. The first-order chi connectivity index (χ1) is 23.9. The second-order valence-electron chi connectivity index (χ2n) is 24.1. The number of allylic oxidation sites excluding steroid dienone is 3. The Hall–Kier alpha value is -1.76. The highest BCUT2D eigenvalue weighted by Crippen LogP contribution is 2.49. The Balaban J connectivity index is 0.000000281. The van der Waals surface area contributed by atoms with Crippen molar-refractivity contribution in [3.05, 3.63) is 46.1 Å². The molecule has 2 N–H and O–H groups in total. The first-order valence-electron chi connectivity index (χ1n) is 20.7. The van der Waals surface area contributed by atoms with Crippen LogP contribution in [-0.2, 0) is 18.9 Å². The van der Waals surface area contributed by atoms with Crippen LogP contribution in [0, 0.1) is 32.5 Å². The van der Waals surface area contributed by atoms with Gasteiger partial charge in [-0.05, 0) is 75.6 Å². The molecule has 6 nitrogen and oxygen atoms in total. The molecule has 0 aromatic carbocycles. The summed E-state index contributed by atoms with van der Waals surface area (Å²) in [5.41, 5.74) is 5.25. The van der Waals surface area contributed by atoms with Gasteiger partial charge < -0.3 is 29.2 Å². The van der Waals surface area contributed by atoms with Gasteiger partial charge in [-0.1, -0.05) is 131 Å². The van der Waals surface area contributed by atoms with Crippen molar-refractivity contribution in [2.45, 2.75) is 213 Å². The zero-order valence-corrected chi connectivity index (χ0v) is 39.1. The minimum Gasteiger partial charge on any atom is -0.491 e. The number of hydrogen-bond donors (Lipinski definition) is 2. The second-order valence-corrected chi connectivity index (χ2v) is 24.1. The molecule has 0 radical (unpaired) electrons. The predicted molar refractivity (Wildman–Crippen MR) is 227 cm³/mol. The van der Waals surface area contributed by atoms with Crippen LogP contribution in [-0.4, -0.2) is 52.9 Å². The van der Waals surface area contributed by atoms with E-state index in [2.05, 4.69) is 145 Å². The number of rotatable bonds is 7. The smallest absolute Gasteiger partial charge is 0.133 e. The maximum atomic E-state index is 10.2. The quantitative estimate of drug-likeness (QED) is 0.199. The summed E-state index contributed by atoms with van der Waals surface area (Å²) in [6, 6.07) is 0. The summed E-state index contributed by atoms with van der Waals surface area (Å²) in [5, 5.41) is 19.5. The van der Waals surface area contributed by atoms with Gasteiger partial charge in [0, 0.05) is 38.5 Å². The highest BCUT2D eigenvalue weighted by atomic mass is 16.6. The molecule has 1 saturated heterocycles. The van der Waals surface area contributed by atoms with Crippen molar-refractivity contribution in [2.75, 3.05) is 13.2 Å². The van der Waals surface area contributed by atoms with E-state index in [0.717, 1.165) is 50.0 Å². The first-order valence-corrected chi connectivity index (χ1v) is 20.7. The molecule has 0 unspecified atom stereocenters. The SMILES string of the molecule is C=C(C)[C@H]1CC(C(C)(C)C)=C(CC(C)(C)C)O1.CC(C)(C)CC1=C(C(C)(C)C)C[C@H]([C@@]2(C)CO2)O1.CC(C)(C)CC1=C(C(C)(C)C)C[C@H]([C@](C)(O)CO)O1. The fourth-order valence-electron chi connectivity index (χ4n) is 7.18. The highest BCUT2D eigenvalue weighted by Gasteiger charge is 2.52. The molecule has 0 bridgehead atoms. The lowest BCUT2D eigenvalue weighted by molar-refractivity contribution is -0.0954. The molecule has 0 aromatic heterocycles. The van der Waals surface area contributed by atoms with Gasteiger partial charge in [0.15, 0.2) is 0 Å². The summed E-state index contributed by atoms with van der Waals surface area (Å²) in [4.78, 5) is 0. The zero-order valence-electron chi connectivity index (χ0n) is 39.1. The lowest BCUT2D eigenvalue weighted by Gasteiger charge is -2.29. The predicted octanol–water partition coefficient (Wildman–Crippen LogP) is 12.6. The third-order valence-electron chi connectivity index (χ3n) is 10.7. The Bertz CT molecular complexity index is 1390. The molecule has 1 fully saturated rings. The van der Waals surface area contributed by atoms with Crippen LogP contribution in [0.1, 0.15) is 184 Å². The number of aliphatic hydroxyl groups excluding tert-OH is 1. The van der Waals surface area contributed by atoms with Crippen LogP contribution in [0.4, 0.5) is 0 Å². The average Bonchev–Trinajstić information content (AvgIpc) is 3.29. The summed E-state index contributed by atoms with van der Waals surface area (Å²) in [7, 11) is 0. The van der Waals surface area contributed by atoms with Crippen LogP contribution in [0.5, 0.6) is 0 Å². The normalized spacial score (nSPS) is 26.3. The van der Waals surface area contributed by atoms with Crippen LogP contribution >= 0.6 is 0 Å². The molecule has 0 aliphatic carbocycles. The molecule has 4 heterocycles. The van der Waals surface area contributed by atoms with E-state index in [4.69, 9.17) is 18.9 Å². The molecule has 0 aromatic rings. The molecule has 5 atom stereocenters. The Morgan fingerprint density at radius 2 is 0.963 bits per heavy atom. The fraction of sp³-hybridized carbons (Fsp3) is 0.833. The number of ether oxygens (including phenoxy) is 4. The van der Waals surface area contributed by atoms with Crippen molar-refractivity contribution in [2.24, 2.45) is 32.5 Å². The van der Waals surface area contributed by atoms with E-state index in [0.29, 0.717) is 6.42 Å². The van der Waals surface area contributed by atoms with Gasteiger partial charge >= 0.3 is 0 Å². The summed E-state index contributed by atoms with van der Waals surface area (Å²) in [6.45, 7) is 50.8. The van der Waals surface area contributed by atoms with Crippen LogP contribution in [0.3, 0.4) is 0 Å². The maximum Gasteiger partial charge on any atom is 0.133 e. The minimum atomic E-state index is -1.18. The third kappa shape index (κ3) is 14.6. The zero-order chi connectivity index (χ0) is 42.3. The largest absolute Gasteiger partial charge is 0.491 e. The van der Waals surface area contributed by atoms with Crippen LogP contribution in [0.2, 0.25) is 0 Å². The van der Waals surface area contributed by atoms with Crippen molar-refractivity contribution in [1.82, 2.24) is 0 Å². The van der Waals surface area contributed by atoms with Crippen molar-refractivity contribution in [3.8, 4) is 0 Å². The molecule has 4 aliphatic rings. The monoisotopic (exact) mass is 759 g/mol. The topological polar surface area (TPSA) is 80.7 Å². The van der Waals surface area contributed by atoms with Crippen LogP contribution < -0.4 is 0 Å². The van der Waals surface area contributed by atoms with Crippen LogP contribution in [0.25, 0.3) is 0 Å². The summed E-state index contributed by atoms with van der Waals surface area (Å²) >= 11 is 0. The van der Waals surface area contributed by atoms with E-state index in [1.165, 1.54) is 28.2 Å². The Morgan fingerprint density at radius 3 is 1.30 bits per heavy atom. The molecular weight excluding hydrogens is 673 g/mol. The van der Waals surface area contributed by atoms with Crippen molar-refractivity contribution < 1.29 is 29.2 Å². The van der Waals surface area contributed by atoms with Gasteiger partial charge in [0.2, 0.25) is 0 Å². The lowest BCUT2D eigenvalue weighted by Crippen LogP contribution is -2.43. The number of epoxide rings is 1. The van der Waals surface area contributed by atoms with E-state index in [9.17, 15) is 10.2 Å². The molecule has 4 aliphatic heterocycles. The fourth-order valence-corrected chi connectivity index (χ4v) is 7.18. The number of hydrogen-bond acceptors (Lipinski definition) is 6. The van der Waals surface area contributed by atoms with Gasteiger partial charge in [0.25, 0.3) is 0 Å². The van der Waals surface area contributed by atoms with Gasteiger partial charge in [0.1, 0.15) is 29.5 Å². The Kier molecular flexibility index (Phi) is 14.9. The van der Waals surface area contributed by atoms with E-state index >= 15 is 0 Å². The summed E-state index contributed by atoms with van der Waals surface area (Å²) in [6.07, 6.45) is 5.72. The molecule has 6 heteroatoms. The Labute approximate surface area is 333 Å². The van der Waals surface area contributed by atoms with Crippen molar-refractivity contribution in [3.63, 3.8) is 0 Å². The molecule has 4 rings (SSSR count). The van der Waals surface area contributed by atoms with E-state index in [1.807, 2.05) is 0 Å². The summed E-state index contributed by atoms with van der Waals surface area (Å²) < 4.78 is 23.9. The second kappa shape index (κ2) is 16.6. The van der Waals surface area contributed by atoms with Crippen molar-refractivity contribution in [1.29, 1.82) is 0 Å². The van der Waals surface area contributed by atoms with E-state index < -0.39 is 5.60 Å². The molecule has 54 heavy (non-hydrogen) atoms. The highest BCUT2D eigenvalue weighted by molar-refractivity contribution is 5.27. The van der Waals surface area contributed by atoms with E-state index in [1.54, 1.807) is 6.92 Å². The van der Waals surface area contributed by atoms with Gasteiger partial charge in [0.05, 0.1) is 30.5 Å². The molecule has 0 saturated carbocycles. The standard InChI is InChI=1S/C16H30O3.C16H28O2.C16H28O/c1-14(2,3)9-12-11(15(4,5)6)8-13(19-12)16(7,18)10-17;1-14(2,3)9-12-11(15(4,5)6)8-13(18-12)16(7)10-17-16;1-11(2)13-9-12(16(6,7)8)14(17-13)10-15(3,4)5/h13,17-18H,8-10H2,1-7H3;13H,8-10H2,1-7H3;13H,1,9-10H2,2-8H3/t2*13-,16-;13-/m111/s1. The first kappa shape index (κ1) is 48.4. The number of aliphatic hydroxyl groups is 2. The molecule has 0 spiro atoms. The van der Waals surface area contributed by atoms with Gasteiger partial charge in [-0.15, -0.1) is 0 Å². The van der Waals surface area contributed by atoms with Crippen LogP contribution in [0.15, 0.2) is 46.1 Å². The Morgan fingerprint density at radius 1 is 0.611 bits per heavy atom. The third-order valence-corrected chi connectivity index (χ3v) is 10.7. The van der Waals surface area contributed by atoms with Gasteiger partial charge in [-0.25, -0.2) is 0 Å². The molecule has 0 amide bonds. The maximum absolute atomic E-state index is 10.2. The van der Waals surface area contributed by atoms with Gasteiger partial charge in [-0.2, -0.15) is 0 Å². The molecular formula is C48H86O6. The molecule has 314 valence electrons. The van der Waals surface area contributed by atoms with E-state index in [-0.39, 0.29) is 63.0 Å². The average molecular weight is 759 g/mol. The van der Waals surface area contributed by atoms with Crippen molar-refractivity contribution >= 4 is 0 Å². The van der Waals surface area contributed by atoms with Gasteiger partial charge in [-0.3, -0.25) is 0 Å². The summed E-state index contributed by atoms with van der Waals surface area (Å²) in [5.74, 6) is 3.42. The minimum absolute atomic E-state index is 0.0286.